The van der Waals surface area contributed by atoms with Gasteiger partial charge in [0.25, 0.3) is 5.91 Å². The molecule has 0 spiro atoms. The maximum Gasteiger partial charge on any atom is 0.322 e. The number of aryl methyl sites for hydroxylation is 1. The maximum absolute atomic E-state index is 13.0. The summed E-state index contributed by atoms with van der Waals surface area (Å²) in [6, 6.07) is 10.0. The van der Waals surface area contributed by atoms with Crippen LogP contribution in [-0.4, -0.2) is 60.0 Å². The lowest BCUT2D eigenvalue weighted by atomic mass is 9.69. The molecular weight excluding hydrogens is 470 g/mol. The van der Waals surface area contributed by atoms with Gasteiger partial charge in [0.05, 0.1) is 6.26 Å². The summed E-state index contributed by atoms with van der Waals surface area (Å²) in [5.41, 5.74) is 2.89. The highest BCUT2D eigenvalue weighted by atomic mass is 16.4. The van der Waals surface area contributed by atoms with Crippen molar-refractivity contribution in [3.8, 4) is 11.1 Å². The van der Waals surface area contributed by atoms with Gasteiger partial charge >= 0.3 is 5.97 Å². The van der Waals surface area contributed by atoms with Crippen LogP contribution < -0.4 is 10.6 Å². The predicted molar refractivity (Wildman–Crippen MR) is 141 cm³/mol. The minimum atomic E-state index is -1.01. The number of carboxylic acids is 1. The van der Waals surface area contributed by atoms with E-state index in [-0.39, 0.29) is 29.8 Å². The molecule has 8 heteroatoms. The van der Waals surface area contributed by atoms with Gasteiger partial charge in [-0.15, -0.1) is 0 Å². The molecule has 2 fully saturated rings. The Balaban J connectivity index is 1.26. The number of carbonyl (C=O) groups is 3. The van der Waals surface area contributed by atoms with Crippen molar-refractivity contribution in [3.63, 3.8) is 0 Å². The number of likely N-dealkylation sites (tertiary alicyclic amines) is 1. The smallest absolute Gasteiger partial charge is 0.322 e. The molecule has 37 heavy (non-hydrogen) atoms. The topological polar surface area (TPSA) is 112 Å². The van der Waals surface area contributed by atoms with E-state index in [4.69, 9.17) is 9.52 Å². The summed E-state index contributed by atoms with van der Waals surface area (Å²) < 4.78 is 5.56. The lowest BCUT2D eigenvalue weighted by Gasteiger charge is -2.40. The molecule has 2 heterocycles. The summed E-state index contributed by atoms with van der Waals surface area (Å²) >= 11 is 0. The first kappa shape index (κ1) is 26.9. The molecule has 4 rings (SSSR count). The molecule has 200 valence electrons. The van der Waals surface area contributed by atoms with Crippen molar-refractivity contribution in [3.05, 3.63) is 47.9 Å². The molecule has 0 radical (unpaired) electrons. The summed E-state index contributed by atoms with van der Waals surface area (Å²) in [5, 5.41) is 14.6. The highest BCUT2D eigenvalue weighted by Crippen LogP contribution is 2.42. The van der Waals surface area contributed by atoms with Gasteiger partial charge in [0.15, 0.2) is 5.76 Å². The first-order chi connectivity index (χ1) is 17.8. The second kappa shape index (κ2) is 12.4. The van der Waals surface area contributed by atoms with Gasteiger partial charge in [-0.3, -0.25) is 14.4 Å². The SMILES string of the molecule is Cc1ccc(-c2ccoc2C(=O)NC2CCN(CCC3(CC(=O)NCC(=O)O)CCCCC3)CC2)cc1. The Bertz CT molecular complexity index is 1060. The molecule has 3 N–H and O–H groups in total. The van der Waals surface area contributed by atoms with Crippen molar-refractivity contribution >= 4 is 17.8 Å². The van der Waals surface area contributed by atoms with Gasteiger partial charge < -0.3 is 25.1 Å². The summed E-state index contributed by atoms with van der Waals surface area (Å²) in [6.07, 6.45) is 10.1. The lowest BCUT2D eigenvalue weighted by molar-refractivity contribution is -0.138. The highest BCUT2D eigenvalue weighted by Gasteiger charge is 2.35. The quantitative estimate of drug-likeness (QED) is 0.438. The Hall–Kier alpha value is -3.13. The van der Waals surface area contributed by atoms with Crippen LogP contribution in [0.5, 0.6) is 0 Å². The minimum Gasteiger partial charge on any atom is -0.480 e. The van der Waals surface area contributed by atoms with Gasteiger partial charge in [-0.05, 0) is 62.6 Å². The predicted octanol–water partition coefficient (Wildman–Crippen LogP) is 4.38. The van der Waals surface area contributed by atoms with Gasteiger partial charge in [-0.2, -0.15) is 0 Å². The third kappa shape index (κ3) is 7.44. The van der Waals surface area contributed by atoms with Crippen molar-refractivity contribution in [2.45, 2.75) is 70.8 Å². The van der Waals surface area contributed by atoms with E-state index >= 15 is 0 Å². The average molecular weight is 510 g/mol. The molecule has 0 atom stereocenters. The van der Waals surface area contributed by atoms with E-state index in [2.05, 4.69) is 15.5 Å². The number of carbonyl (C=O) groups excluding carboxylic acids is 2. The summed E-state index contributed by atoms with van der Waals surface area (Å²) in [5.74, 6) is -0.993. The Morgan fingerprint density at radius 1 is 1.05 bits per heavy atom. The second-order valence-electron chi connectivity index (χ2n) is 10.8. The van der Waals surface area contributed by atoms with E-state index < -0.39 is 5.97 Å². The summed E-state index contributed by atoms with van der Waals surface area (Å²) in [4.78, 5) is 38.6. The number of rotatable bonds is 10. The zero-order valence-corrected chi connectivity index (χ0v) is 21.8. The van der Waals surface area contributed by atoms with E-state index in [1.165, 1.54) is 12.0 Å². The van der Waals surface area contributed by atoms with Gasteiger partial charge in [0, 0.05) is 31.1 Å². The number of aliphatic carboxylic acids is 1. The molecular formula is C29H39N3O5. The Labute approximate surface area is 218 Å². The number of benzene rings is 1. The van der Waals surface area contributed by atoms with Crippen LogP contribution in [0.15, 0.2) is 41.0 Å². The van der Waals surface area contributed by atoms with Gasteiger partial charge in [-0.25, -0.2) is 0 Å². The number of carboxylic acid groups (broad SMARTS) is 1. The van der Waals surface area contributed by atoms with E-state index in [1.54, 1.807) is 6.26 Å². The fraction of sp³-hybridized carbons (Fsp3) is 0.552. The number of nitrogens with zero attached hydrogens (tertiary/aromatic N) is 1. The van der Waals surface area contributed by atoms with Crippen LogP contribution in [-0.2, 0) is 9.59 Å². The van der Waals surface area contributed by atoms with Crippen LogP contribution in [0.2, 0.25) is 0 Å². The van der Waals surface area contributed by atoms with Gasteiger partial charge in [-0.1, -0.05) is 49.1 Å². The first-order valence-electron chi connectivity index (χ1n) is 13.5. The summed E-state index contributed by atoms with van der Waals surface area (Å²) in [7, 11) is 0. The molecule has 2 aromatic rings. The normalized spacial score (nSPS) is 18.3. The third-order valence-corrected chi connectivity index (χ3v) is 8.00. The van der Waals surface area contributed by atoms with Crippen LogP contribution >= 0.6 is 0 Å². The number of hydrogen-bond acceptors (Lipinski definition) is 5. The lowest BCUT2D eigenvalue weighted by Crippen LogP contribution is -2.46. The Morgan fingerprint density at radius 3 is 2.43 bits per heavy atom. The Kier molecular flexibility index (Phi) is 9.03. The molecule has 1 aromatic carbocycles. The maximum atomic E-state index is 13.0. The third-order valence-electron chi connectivity index (χ3n) is 8.00. The van der Waals surface area contributed by atoms with Crippen molar-refractivity contribution in [1.29, 1.82) is 0 Å². The van der Waals surface area contributed by atoms with Gasteiger partial charge in [0.2, 0.25) is 5.91 Å². The van der Waals surface area contributed by atoms with Crippen molar-refractivity contribution in [2.24, 2.45) is 5.41 Å². The van der Waals surface area contributed by atoms with Crippen LogP contribution in [0.4, 0.5) is 0 Å². The fourth-order valence-corrected chi connectivity index (χ4v) is 5.79. The molecule has 2 amide bonds. The van der Waals surface area contributed by atoms with E-state index in [0.717, 1.165) is 75.7 Å². The van der Waals surface area contributed by atoms with Gasteiger partial charge in [0.1, 0.15) is 6.54 Å². The van der Waals surface area contributed by atoms with Crippen molar-refractivity contribution in [1.82, 2.24) is 15.5 Å². The van der Waals surface area contributed by atoms with Crippen LogP contribution in [0.1, 0.15) is 73.9 Å². The molecule has 1 saturated heterocycles. The zero-order valence-electron chi connectivity index (χ0n) is 21.8. The molecule has 0 unspecified atom stereocenters. The first-order valence-corrected chi connectivity index (χ1v) is 13.5. The highest BCUT2D eigenvalue weighted by molar-refractivity contribution is 5.98. The molecule has 1 aromatic heterocycles. The second-order valence-corrected chi connectivity index (χ2v) is 10.8. The molecule has 0 bridgehead atoms. The van der Waals surface area contributed by atoms with Crippen molar-refractivity contribution in [2.75, 3.05) is 26.2 Å². The minimum absolute atomic E-state index is 0.0441. The van der Waals surface area contributed by atoms with E-state index in [1.807, 2.05) is 37.3 Å². The van der Waals surface area contributed by atoms with Crippen molar-refractivity contribution < 1.29 is 23.9 Å². The molecule has 1 saturated carbocycles. The molecule has 1 aliphatic heterocycles. The monoisotopic (exact) mass is 509 g/mol. The summed E-state index contributed by atoms with van der Waals surface area (Å²) in [6.45, 7) is 4.43. The average Bonchev–Trinajstić information content (AvgIpc) is 3.38. The Morgan fingerprint density at radius 2 is 1.76 bits per heavy atom. The van der Waals surface area contributed by atoms with E-state index in [0.29, 0.717) is 12.2 Å². The van der Waals surface area contributed by atoms with E-state index in [9.17, 15) is 14.4 Å². The zero-order chi connectivity index (χ0) is 26.3. The number of amides is 2. The standard InChI is InChI=1S/C29H39N3O5/c1-21-5-7-22(8-6-21)24-11-18-37-27(24)28(36)31-23-9-15-32(16-10-23)17-14-29(12-3-2-4-13-29)19-25(33)30-20-26(34)35/h5-8,11,18,23H,2-4,9-10,12-17,19-20H2,1H3,(H,30,33)(H,31,36)(H,34,35). The molecule has 2 aliphatic rings. The number of piperidine rings is 1. The van der Waals surface area contributed by atoms with Crippen LogP contribution in [0.3, 0.4) is 0 Å². The van der Waals surface area contributed by atoms with Crippen LogP contribution in [0, 0.1) is 12.3 Å². The molecule has 8 nitrogen and oxygen atoms in total. The number of furan rings is 1. The molecule has 1 aliphatic carbocycles. The number of nitrogens with one attached hydrogen (secondary N) is 2. The largest absolute Gasteiger partial charge is 0.480 e. The number of hydrogen-bond donors (Lipinski definition) is 3. The van der Waals surface area contributed by atoms with Crippen LogP contribution in [0.25, 0.3) is 11.1 Å². The fourth-order valence-electron chi connectivity index (χ4n) is 5.79.